The van der Waals surface area contributed by atoms with Gasteiger partial charge < -0.3 is 10.6 Å². The largest absolute Gasteiger partial charge is 0.351 e. The molecule has 2 rings (SSSR count). The molecule has 0 saturated heterocycles. The smallest absolute Gasteiger partial charge is 0.234 e. The summed E-state index contributed by atoms with van der Waals surface area (Å²) in [6, 6.07) is 16.9. The van der Waals surface area contributed by atoms with Crippen molar-refractivity contribution in [1.29, 1.82) is 5.26 Å². The van der Waals surface area contributed by atoms with E-state index in [1.807, 2.05) is 43.3 Å². The van der Waals surface area contributed by atoms with Crippen LogP contribution in [-0.2, 0) is 22.6 Å². The number of hydrogen-bond donors (Lipinski definition) is 2. The fraction of sp³-hybridized carbons (Fsp3) is 0.211. The molecule has 0 fully saturated rings. The third-order valence-corrected chi connectivity index (χ3v) is 3.45. The van der Waals surface area contributed by atoms with Crippen LogP contribution in [0, 0.1) is 18.3 Å². The van der Waals surface area contributed by atoms with Crippen LogP contribution >= 0.6 is 0 Å². The fourth-order valence-corrected chi connectivity index (χ4v) is 2.14. The summed E-state index contributed by atoms with van der Waals surface area (Å²) in [4.78, 5) is 23.3. The van der Waals surface area contributed by atoms with Crippen molar-refractivity contribution in [1.82, 2.24) is 5.32 Å². The van der Waals surface area contributed by atoms with E-state index < -0.39 is 0 Å². The zero-order valence-corrected chi connectivity index (χ0v) is 13.5. The molecular weight excluding hydrogens is 302 g/mol. The average molecular weight is 321 g/mol. The van der Waals surface area contributed by atoms with Gasteiger partial charge >= 0.3 is 0 Å². The minimum absolute atomic E-state index is 0.0751. The number of amides is 2. The van der Waals surface area contributed by atoms with E-state index in [-0.39, 0.29) is 18.2 Å². The fourth-order valence-electron chi connectivity index (χ4n) is 2.14. The standard InChI is InChI=1S/C19H19N3O2/c1-14-2-4-15(5-3-14)12-19(24)22-17-8-6-16(7-9-17)13-21-18(23)10-11-20/h2-9H,10,12-13H2,1H3,(H,21,23)(H,22,24). The van der Waals surface area contributed by atoms with Gasteiger partial charge in [0, 0.05) is 12.2 Å². The molecule has 0 bridgehead atoms. The molecule has 2 N–H and O–H groups in total. The van der Waals surface area contributed by atoms with Crippen LogP contribution in [0.5, 0.6) is 0 Å². The highest BCUT2D eigenvalue weighted by Crippen LogP contribution is 2.11. The van der Waals surface area contributed by atoms with Gasteiger partial charge in [-0.1, -0.05) is 42.0 Å². The number of carbonyl (C=O) groups is 2. The molecule has 0 aliphatic carbocycles. The SMILES string of the molecule is Cc1ccc(CC(=O)Nc2ccc(CNC(=O)CC#N)cc2)cc1. The van der Waals surface area contributed by atoms with Crippen LogP contribution in [0.1, 0.15) is 23.1 Å². The summed E-state index contributed by atoms with van der Waals surface area (Å²) in [7, 11) is 0. The van der Waals surface area contributed by atoms with Gasteiger partial charge in [0.05, 0.1) is 12.5 Å². The van der Waals surface area contributed by atoms with Gasteiger partial charge in [-0.15, -0.1) is 0 Å². The van der Waals surface area contributed by atoms with Gasteiger partial charge in [-0.3, -0.25) is 9.59 Å². The van der Waals surface area contributed by atoms with Crippen molar-refractivity contribution in [3.8, 4) is 6.07 Å². The van der Waals surface area contributed by atoms with Crippen molar-refractivity contribution in [2.24, 2.45) is 0 Å². The Labute approximate surface area is 141 Å². The molecule has 0 aliphatic heterocycles. The molecule has 0 unspecified atom stereocenters. The molecule has 2 aromatic rings. The van der Waals surface area contributed by atoms with E-state index in [9.17, 15) is 9.59 Å². The maximum atomic E-state index is 12.0. The van der Waals surface area contributed by atoms with Gasteiger partial charge in [-0.2, -0.15) is 5.26 Å². The third-order valence-electron chi connectivity index (χ3n) is 3.45. The molecular formula is C19H19N3O2. The number of hydrogen-bond acceptors (Lipinski definition) is 3. The molecule has 0 saturated carbocycles. The van der Waals surface area contributed by atoms with Gasteiger partial charge in [0.1, 0.15) is 6.42 Å². The van der Waals surface area contributed by atoms with Crippen LogP contribution in [0.15, 0.2) is 48.5 Å². The number of rotatable bonds is 6. The summed E-state index contributed by atoms with van der Waals surface area (Å²) in [5.74, 6) is -0.373. The van der Waals surface area contributed by atoms with Crippen molar-refractivity contribution >= 4 is 17.5 Å². The molecule has 0 heterocycles. The highest BCUT2D eigenvalue weighted by atomic mass is 16.2. The van der Waals surface area contributed by atoms with E-state index in [0.717, 1.165) is 16.7 Å². The maximum Gasteiger partial charge on any atom is 0.234 e. The summed E-state index contributed by atoms with van der Waals surface area (Å²) in [6.07, 6.45) is 0.180. The third kappa shape index (κ3) is 5.58. The summed E-state index contributed by atoms with van der Waals surface area (Å²) >= 11 is 0. The first-order valence-corrected chi connectivity index (χ1v) is 7.65. The Morgan fingerprint density at radius 2 is 1.58 bits per heavy atom. The van der Waals surface area contributed by atoms with E-state index in [1.165, 1.54) is 0 Å². The van der Waals surface area contributed by atoms with Crippen molar-refractivity contribution < 1.29 is 9.59 Å². The number of nitrogens with one attached hydrogen (secondary N) is 2. The monoisotopic (exact) mass is 321 g/mol. The van der Waals surface area contributed by atoms with Crippen LogP contribution in [-0.4, -0.2) is 11.8 Å². The van der Waals surface area contributed by atoms with Gasteiger partial charge in [-0.05, 0) is 30.2 Å². The van der Waals surface area contributed by atoms with Crippen molar-refractivity contribution in [2.75, 3.05) is 5.32 Å². The first-order valence-electron chi connectivity index (χ1n) is 7.65. The Hall–Kier alpha value is -3.13. The zero-order valence-electron chi connectivity index (χ0n) is 13.5. The lowest BCUT2D eigenvalue weighted by molar-refractivity contribution is -0.120. The van der Waals surface area contributed by atoms with E-state index in [1.54, 1.807) is 18.2 Å². The van der Waals surface area contributed by atoms with E-state index in [0.29, 0.717) is 18.7 Å². The second-order valence-electron chi connectivity index (χ2n) is 5.52. The molecule has 0 spiro atoms. The predicted molar refractivity (Wildman–Crippen MR) is 92.0 cm³/mol. The molecule has 0 atom stereocenters. The van der Waals surface area contributed by atoms with Crippen LogP contribution in [0.3, 0.4) is 0 Å². The Morgan fingerprint density at radius 1 is 0.958 bits per heavy atom. The molecule has 0 aromatic heterocycles. The second-order valence-corrected chi connectivity index (χ2v) is 5.52. The molecule has 5 heteroatoms. The van der Waals surface area contributed by atoms with Crippen molar-refractivity contribution in [3.05, 3.63) is 65.2 Å². The zero-order chi connectivity index (χ0) is 17.4. The lowest BCUT2D eigenvalue weighted by Gasteiger charge is -2.07. The van der Waals surface area contributed by atoms with Crippen molar-refractivity contribution in [2.45, 2.75) is 26.3 Å². The molecule has 0 aliphatic rings. The first kappa shape index (κ1) is 17.2. The summed E-state index contributed by atoms with van der Waals surface area (Å²) < 4.78 is 0. The molecule has 24 heavy (non-hydrogen) atoms. The van der Waals surface area contributed by atoms with E-state index >= 15 is 0 Å². The Bertz CT molecular complexity index is 744. The van der Waals surface area contributed by atoms with Gasteiger partial charge in [-0.25, -0.2) is 0 Å². The van der Waals surface area contributed by atoms with E-state index in [4.69, 9.17) is 5.26 Å². The summed E-state index contributed by atoms with van der Waals surface area (Å²) in [6.45, 7) is 2.37. The molecule has 2 amide bonds. The van der Waals surface area contributed by atoms with Crippen LogP contribution in [0.2, 0.25) is 0 Å². The van der Waals surface area contributed by atoms with Crippen LogP contribution in [0.25, 0.3) is 0 Å². The van der Waals surface area contributed by atoms with Gasteiger partial charge in [0.2, 0.25) is 11.8 Å². The summed E-state index contributed by atoms with van der Waals surface area (Å²) in [5.41, 5.74) is 3.74. The molecule has 0 radical (unpaired) electrons. The molecule has 122 valence electrons. The lowest BCUT2D eigenvalue weighted by atomic mass is 10.1. The predicted octanol–water partition coefficient (Wildman–Crippen LogP) is 2.71. The highest BCUT2D eigenvalue weighted by Gasteiger charge is 2.05. The number of anilines is 1. The number of carbonyl (C=O) groups excluding carboxylic acids is 2. The minimum atomic E-state index is -0.298. The van der Waals surface area contributed by atoms with Crippen LogP contribution < -0.4 is 10.6 Å². The Morgan fingerprint density at radius 3 is 2.21 bits per heavy atom. The lowest BCUT2D eigenvalue weighted by Crippen LogP contribution is -2.21. The quantitative estimate of drug-likeness (QED) is 0.858. The average Bonchev–Trinajstić information content (AvgIpc) is 2.56. The Kier molecular flexibility index (Phi) is 6.09. The maximum absolute atomic E-state index is 12.0. The number of benzene rings is 2. The highest BCUT2D eigenvalue weighted by molar-refractivity contribution is 5.92. The minimum Gasteiger partial charge on any atom is -0.351 e. The second kappa shape index (κ2) is 8.49. The van der Waals surface area contributed by atoms with Gasteiger partial charge in [0.25, 0.3) is 0 Å². The molecule has 2 aromatic carbocycles. The normalized spacial score (nSPS) is 9.83. The topological polar surface area (TPSA) is 82.0 Å². The number of nitriles is 1. The molecule has 5 nitrogen and oxygen atoms in total. The van der Waals surface area contributed by atoms with Gasteiger partial charge in [0.15, 0.2) is 0 Å². The summed E-state index contributed by atoms with van der Waals surface area (Å²) in [5, 5.41) is 13.9. The first-order chi connectivity index (χ1) is 11.6. The Balaban J connectivity index is 1.84. The van der Waals surface area contributed by atoms with E-state index in [2.05, 4.69) is 10.6 Å². The van der Waals surface area contributed by atoms with Crippen molar-refractivity contribution in [3.63, 3.8) is 0 Å². The number of aryl methyl sites for hydroxylation is 1. The van der Waals surface area contributed by atoms with Crippen LogP contribution in [0.4, 0.5) is 5.69 Å². The number of nitrogens with zero attached hydrogens (tertiary/aromatic N) is 1.